The zero-order chi connectivity index (χ0) is 23.3. The lowest BCUT2D eigenvalue weighted by Gasteiger charge is -2.37. The fraction of sp³-hybridized carbons (Fsp3) is 0.458. The molecule has 0 unspecified atom stereocenters. The standard InChI is InChI=1S/C24H30FN7O/c1-14(2)19-20-17(11-26-24(21(20)25)31-8-6-30(7-9-31)15(3)4)29-22(19)16-10-18(33-5)23-27-13-28-32(23)12-16/h10-15,29H,6-9H2,1-5H3. The molecule has 0 spiro atoms. The molecule has 0 amide bonds. The first-order valence-corrected chi connectivity index (χ1v) is 11.5. The van der Waals surface area contributed by atoms with Crippen molar-refractivity contribution in [2.45, 2.75) is 39.7 Å². The Morgan fingerprint density at radius 3 is 2.52 bits per heavy atom. The number of ether oxygens (including phenoxy) is 1. The van der Waals surface area contributed by atoms with E-state index in [-0.39, 0.29) is 11.7 Å². The predicted molar refractivity (Wildman–Crippen MR) is 128 cm³/mol. The molecule has 0 radical (unpaired) electrons. The van der Waals surface area contributed by atoms with Crippen molar-refractivity contribution in [2.75, 3.05) is 38.2 Å². The molecule has 0 aromatic carbocycles. The molecule has 8 nitrogen and oxygen atoms in total. The third kappa shape index (κ3) is 3.60. The van der Waals surface area contributed by atoms with Crippen LogP contribution in [0.25, 0.3) is 27.8 Å². The third-order valence-electron chi connectivity index (χ3n) is 6.57. The Labute approximate surface area is 192 Å². The molecule has 0 atom stereocenters. The molecule has 4 aromatic heterocycles. The smallest absolute Gasteiger partial charge is 0.197 e. The summed E-state index contributed by atoms with van der Waals surface area (Å²) < 4.78 is 23.2. The average Bonchev–Trinajstić information content (AvgIpc) is 3.44. The van der Waals surface area contributed by atoms with Crippen LogP contribution in [0.5, 0.6) is 5.75 Å². The van der Waals surface area contributed by atoms with Gasteiger partial charge in [-0.3, -0.25) is 4.90 Å². The van der Waals surface area contributed by atoms with Crippen LogP contribution >= 0.6 is 0 Å². The maximum Gasteiger partial charge on any atom is 0.197 e. The molecular formula is C24H30FN7O. The number of piperazine rings is 1. The maximum absolute atomic E-state index is 16.0. The number of fused-ring (bicyclic) bond motifs is 2. The van der Waals surface area contributed by atoms with Gasteiger partial charge >= 0.3 is 0 Å². The summed E-state index contributed by atoms with van der Waals surface area (Å²) in [5, 5.41) is 4.87. The van der Waals surface area contributed by atoms with Crippen LogP contribution in [0.3, 0.4) is 0 Å². The van der Waals surface area contributed by atoms with Crippen LogP contribution in [0.1, 0.15) is 39.2 Å². The summed E-state index contributed by atoms with van der Waals surface area (Å²) in [5.41, 5.74) is 3.95. The average molecular weight is 452 g/mol. The van der Waals surface area contributed by atoms with Gasteiger partial charge in [0, 0.05) is 49.4 Å². The monoisotopic (exact) mass is 451 g/mol. The Hall–Kier alpha value is -3.20. The van der Waals surface area contributed by atoms with Crippen LogP contribution in [0.15, 0.2) is 24.8 Å². The number of anilines is 1. The molecule has 1 aliphatic rings. The molecule has 1 N–H and O–H groups in total. The number of aromatic amines is 1. The Morgan fingerprint density at radius 2 is 1.85 bits per heavy atom. The highest BCUT2D eigenvalue weighted by atomic mass is 19.1. The number of H-pyrrole nitrogens is 1. The summed E-state index contributed by atoms with van der Waals surface area (Å²) in [7, 11) is 1.61. The minimum absolute atomic E-state index is 0.0914. The van der Waals surface area contributed by atoms with E-state index in [0.717, 1.165) is 43.0 Å². The highest BCUT2D eigenvalue weighted by Gasteiger charge is 2.27. The highest BCUT2D eigenvalue weighted by Crippen LogP contribution is 2.39. The van der Waals surface area contributed by atoms with E-state index in [9.17, 15) is 0 Å². The van der Waals surface area contributed by atoms with Gasteiger partial charge in [-0.1, -0.05) is 13.8 Å². The van der Waals surface area contributed by atoms with Crippen LogP contribution < -0.4 is 9.64 Å². The zero-order valence-corrected chi connectivity index (χ0v) is 19.8. The Balaban J connectivity index is 1.62. The summed E-state index contributed by atoms with van der Waals surface area (Å²) in [6.45, 7) is 11.9. The number of hydrogen-bond acceptors (Lipinski definition) is 6. The SMILES string of the molecule is COc1cc(-c2[nH]c3cnc(N4CCN(C(C)C)CC4)c(F)c3c2C(C)C)cn2ncnc12. The second-order valence-corrected chi connectivity index (χ2v) is 9.19. The van der Waals surface area contributed by atoms with Crippen molar-refractivity contribution in [1.82, 2.24) is 29.5 Å². The Bertz CT molecular complexity index is 1300. The number of nitrogens with one attached hydrogen (secondary N) is 1. The topological polar surface area (TPSA) is 74.6 Å². The molecule has 4 aromatic rings. The minimum Gasteiger partial charge on any atom is -0.493 e. The molecule has 0 saturated carbocycles. The second-order valence-electron chi connectivity index (χ2n) is 9.19. The van der Waals surface area contributed by atoms with E-state index in [4.69, 9.17) is 4.74 Å². The van der Waals surface area contributed by atoms with Crippen molar-refractivity contribution in [3.8, 4) is 17.0 Å². The van der Waals surface area contributed by atoms with Gasteiger partial charge in [-0.05, 0) is 31.4 Å². The lowest BCUT2D eigenvalue weighted by Crippen LogP contribution is -2.49. The quantitative estimate of drug-likeness (QED) is 0.493. The molecular weight excluding hydrogens is 421 g/mol. The molecule has 0 bridgehead atoms. The fourth-order valence-electron chi connectivity index (χ4n) is 4.82. The molecule has 5 heterocycles. The van der Waals surface area contributed by atoms with E-state index >= 15 is 4.39 Å². The molecule has 5 rings (SSSR count). The first kappa shape index (κ1) is 21.6. The number of hydrogen-bond donors (Lipinski definition) is 1. The predicted octanol–water partition coefficient (Wildman–Crippen LogP) is 4.07. The van der Waals surface area contributed by atoms with Gasteiger partial charge in [-0.2, -0.15) is 5.10 Å². The van der Waals surface area contributed by atoms with E-state index in [0.29, 0.717) is 34.2 Å². The van der Waals surface area contributed by atoms with Crippen LogP contribution in [0.2, 0.25) is 0 Å². The van der Waals surface area contributed by atoms with Gasteiger partial charge in [0.2, 0.25) is 0 Å². The number of nitrogens with zero attached hydrogens (tertiary/aromatic N) is 6. The van der Waals surface area contributed by atoms with Crippen molar-refractivity contribution < 1.29 is 9.13 Å². The normalized spacial score (nSPS) is 15.5. The second kappa shape index (κ2) is 8.30. The van der Waals surface area contributed by atoms with E-state index in [1.54, 1.807) is 17.8 Å². The zero-order valence-electron chi connectivity index (χ0n) is 19.8. The lowest BCUT2D eigenvalue weighted by molar-refractivity contribution is 0.208. The van der Waals surface area contributed by atoms with E-state index < -0.39 is 0 Å². The van der Waals surface area contributed by atoms with Crippen LogP contribution in [0, 0.1) is 5.82 Å². The van der Waals surface area contributed by atoms with Crippen LogP contribution in [-0.4, -0.2) is 68.8 Å². The van der Waals surface area contributed by atoms with Gasteiger partial charge in [-0.25, -0.2) is 18.9 Å². The molecule has 174 valence electrons. The summed E-state index contributed by atoms with van der Waals surface area (Å²) in [5.74, 6) is 0.877. The maximum atomic E-state index is 16.0. The summed E-state index contributed by atoms with van der Waals surface area (Å²) >= 11 is 0. The Kier molecular flexibility index (Phi) is 5.44. The third-order valence-corrected chi connectivity index (χ3v) is 6.57. The van der Waals surface area contributed by atoms with Crippen molar-refractivity contribution in [3.63, 3.8) is 0 Å². The lowest BCUT2D eigenvalue weighted by atomic mass is 9.96. The summed E-state index contributed by atoms with van der Waals surface area (Å²) in [6.07, 6.45) is 5.13. The van der Waals surface area contributed by atoms with Gasteiger partial charge in [0.1, 0.15) is 6.33 Å². The summed E-state index contributed by atoms with van der Waals surface area (Å²) in [6, 6.07) is 2.41. The van der Waals surface area contributed by atoms with Gasteiger partial charge in [0.05, 0.1) is 24.5 Å². The Morgan fingerprint density at radius 1 is 1.09 bits per heavy atom. The molecule has 1 fully saturated rings. The number of halogens is 1. The van der Waals surface area contributed by atoms with Gasteiger partial charge < -0.3 is 14.6 Å². The number of rotatable bonds is 5. The van der Waals surface area contributed by atoms with Crippen molar-refractivity contribution in [2.24, 2.45) is 0 Å². The summed E-state index contributed by atoms with van der Waals surface area (Å²) in [4.78, 5) is 16.7. The largest absolute Gasteiger partial charge is 0.493 e. The molecule has 1 saturated heterocycles. The first-order chi connectivity index (χ1) is 15.9. The molecule has 0 aliphatic carbocycles. The van der Waals surface area contributed by atoms with E-state index in [2.05, 4.69) is 57.5 Å². The fourth-order valence-corrected chi connectivity index (χ4v) is 4.82. The van der Waals surface area contributed by atoms with Crippen LogP contribution in [0.4, 0.5) is 10.2 Å². The van der Waals surface area contributed by atoms with Gasteiger partial charge in [0.25, 0.3) is 0 Å². The molecule has 33 heavy (non-hydrogen) atoms. The number of aromatic nitrogens is 5. The van der Waals surface area contributed by atoms with Crippen molar-refractivity contribution >= 4 is 22.4 Å². The van der Waals surface area contributed by atoms with E-state index in [1.807, 2.05) is 12.3 Å². The number of pyridine rings is 2. The number of methoxy groups -OCH3 is 1. The molecule has 1 aliphatic heterocycles. The first-order valence-electron chi connectivity index (χ1n) is 11.5. The highest BCUT2D eigenvalue weighted by molar-refractivity contribution is 5.93. The van der Waals surface area contributed by atoms with Crippen molar-refractivity contribution in [1.29, 1.82) is 0 Å². The minimum atomic E-state index is -0.259. The van der Waals surface area contributed by atoms with Gasteiger partial charge in [0.15, 0.2) is 23.0 Å². The molecule has 9 heteroatoms. The van der Waals surface area contributed by atoms with Crippen molar-refractivity contribution in [3.05, 3.63) is 36.2 Å². The van der Waals surface area contributed by atoms with Gasteiger partial charge in [-0.15, -0.1) is 0 Å². The van der Waals surface area contributed by atoms with Crippen LogP contribution in [-0.2, 0) is 0 Å². The van der Waals surface area contributed by atoms with E-state index in [1.165, 1.54) is 6.33 Å².